The molecule has 0 radical (unpaired) electrons. The van der Waals surface area contributed by atoms with Crippen molar-refractivity contribution in [2.45, 2.75) is 11.3 Å². The number of sulfonamides is 1. The number of amides is 1. The first-order valence-corrected chi connectivity index (χ1v) is 10.5. The van der Waals surface area contributed by atoms with Crippen molar-refractivity contribution in [2.24, 2.45) is 0 Å². The molecule has 0 bridgehead atoms. The lowest BCUT2D eigenvalue weighted by Crippen LogP contribution is -2.32. The Morgan fingerprint density at radius 3 is 2.68 bits per heavy atom. The van der Waals surface area contributed by atoms with Crippen LogP contribution >= 0.6 is 11.6 Å². The van der Waals surface area contributed by atoms with Crippen molar-refractivity contribution in [3.05, 3.63) is 71.8 Å². The summed E-state index contributed by atoms with van der Waals surface area (Å²) in [6, 6.07) is 12.6. The van der Waals surface area contributed by atoms with Crippen molar-refractivity contribution in [1.29, 1.82) is 0 Å². The number of hydrogen-bond donors (Lipinski definition) is 1. The van der Waals surface area contributed by atoms with Crippen LogP contribution in [0.1, 0.15) is 16.8 Å². The van der Waals surface area contributed by atoms with E-state index < -0.39 is 10.0 Å². The second-order valence-electron chi connectivity index (χ2n) is 5.91. The van der Waals surface area contributed by atoms with Crippen LogP contribution in [0.4, 0.5) is 5.69 Å². The molecule has 0 aromatic heterocycles. The lowest BCUT2D eigenvalue weighted by atomic mass is 10.2. The van der Waals surface area contributed by atoms with Gasteiger partial charge in [-0.1, -0.05) is 35.9 Å². The minimum absolute atomic E-state index is 0.00110. The molecule has 1 N–H and O–H groups in total. The van der Waals surface area contributed by atoms with E-state index in [1.807, 2.05) is 0 Å². The van der Waals surface area contributed by atoms with Crippen molar-refractivity contribution in [1.82, 2.24) is 5.32 Å². The standard InChI is InChI=1S/C20H23ClN2O4S/c1-3-13-23(19-11-5-4-10-18(19)21)28(25,26)17-9-6-8-16(15-17)20(24)22-12-7-14-27-2/h3-6,8-11,15H,1,7,12-14H2,2H3,(H,22,24). The Hall–Kier alpha value is -2.35. The average Bonchev–Trinajstić information content (AvgIpc) is 2.70. The van der Waals surface area contributed by atoms with E-state index in [2.05, 4.69) is 11.9 Å². The van der Waals surface area contributed by atoms with E-state index >= 15 is 0 Å². The van der Waals surface area contributed by atoms with Gasteiger partial charge in [-0.2, -0.15) is 0 Å². The zero-order valence-electron chi connectivity index (χ0n) is 15.6. The number of para-hydroxylation sites is 1. The molecule has 0 aliphatic rings. The fraction of sp³-hybridized carbons (Fsp3) is 0.250. The van der Waals surface area contributed by atoms with Crippen molar-refractivity contribution in [2.75, 3.05) is 31.1 Å². The number of nitrogens with zero attached hydrogens (tertiary/aromatic N) is 1. The first-order valence-electron chi connectivity index (χ1n) is 8.67. The summed E-state index contributed by atoms with van der Waals surface area (Å²) in [6.07, 6.45) is 2.15. The lowest BCUT2D eigenvalue weighted by Gasteiger charge is -2.24. The van der Waals surface area contributed by atoms with Crippen molar-refractivity contribution in [3.8, 4) is 0 Å². The first-order chi connectivity index (χ1) is 13.4. The Labute approximate surface area is 170 Å². The largest absolute Gasteiger partial charge is 0.385 e. The van der Waals surface area contributed by atoms with Crippen LogP contribution in [0.15, 0.2) is 66.1 Å². The molecule has 2 aromatic carbocycles. The van der Waals surface area contributed by atoms with Gasteiger partial charge >= 0.3 is 0 Å². The molecule has 8 heteroatoms. The summed E-state index contributed by atoms with van der Waals surface area (Å²) in [5.74, 6) is -0.346. The predicted molar refractivity (Wildman–Crippen MR) is 111 cm³/mol. The molecule has 0 atom stereocenters. The highest BCUT2D eigenvalue weighted by Crippen LogP contribution is 2.30. The maximum atomic E-state index is 13.2. The third-order valence-corrected chi connectivity index (χ3v) is 6.01. The second kappa shape index (κ2) is 10.3. The van der Waals surface area contributed by atoms with E-state index in [9.17, 15) is 13.2 Å². The number of carbonyl (C=O) groups excluding carboxylic acids is 1. The highest BCUT2D eigenvalue weighted by Gasteiger charge is 2.26. The van der Waals surface area contributed by atoms with Crippen LogP contribution in [0.3, 0.4) is 0 Å². The van der Waals surface area contributed by atoms with E-state index in [-0.39, 0.29) is 22.9 Å². The monoisotopic (exact) mass is 422 g/mol. The molecule has 0 spiro atoms. The topological polar surface area (TPSA) is 75.7 Å². The minimum atomic E-state index is -3.95. The SMILES string of the molecule is C=CCN(c1ccccc1Cl)S(=O)(=O)c1cccc(C(=O)NCCCOC)c1. The van der Waals surface area contributed by atoms with E-state index in [0.717, 1.165) is 4.31 Å². The summed E-state index contributed by atoms with van der Waals surface area (Å²) in [7, 11) is -2.36. The molecule has 0 fully saturated rings. The number of methoxy groups -OCH3 is 1. The normalized spacial score (nSPS) is 11.1. The van der Waals surface area contributed by atoms with Crippen LogP contribution in [0.2, 0.25) is 5.02 Å². The Kier molecular flexibility index (Phi) is 8.04. The molecule has 0 aliphatic heterocycles. The van der Waals surface area contributed by atoms with Crippen LogP contribution in [0, 0.1) is 0 Å². The summed E-state index contributed by atoms with van der Waals surface area (Å²) in [5, 5.41) is 3.05. The molecule has 1 amide bonds. The minimum Gasteiger partial charge on any atom is -0.385 e. The Morgan fingerprint density at radius 1 is 1.25 bits per heavy atom. The molecule has 0 heterocycles. The number of benzene rings is 2. The van der Waals surface area contributed by atoms with Crippen LogP contribution in [0.25, 0.3) is 0 Å². The molecule has 0 saturated carbocycles. The highest BCUT2D eigenvalue weighted by atomic mass is 35.5. The number of anilines is 1. The van der Waals surface area contributed by atoms with Gasteiger partial charge in [-0.05, 0) is 36.8 Å². The zero-order chi connectivity index (χ0) is 20.6. The zero-order valence-corrected chi connectivity index (χ0v) is 17.2. The van der Waals surface area contributed by atoms with Gasteiger partial charge in [0.2, 0.25) is 0 Å². The molecule has 0 saturated heterocycles. The molecule has 6 nitrogen and oxygen atoms in total. The van der Waals surface area contributed by atoms with Gasteiger partial charge in [-0.15, -0.1) is 6.58 Å². The number of ether oxygens (including phenoxy) is 1. The van der Waals surface area contributed by atoms with Crippen LogP contribution in [-0.2, 0) is 14.8 Å². The van der Waals surface area contributed by atoms with Crippen molar-refractivity contribution >= 4 is 33.2 Å². The fourth-order valence-corrected chi connectivity index (χ4v) is 4.33. The Morgan fingerprint density at radius 2 is 2.00 bits per heavy atom. The lowest BCUT2D eigenvalue weighted by molar-refractivity contribution is 0.0948. The van der Waals surface area contributed by atoms with Gasteiger partial charge in [0.1, 0.15) is 0 Å². The van der Waals surface area contributed by atoms with Gasteiger partial charge in [0.05, 0.1) is 22.2 Å². The Balaban J connectivity index is 2.32. The summed E-state index contributed by atoms with van der Waals surface area (Å²) >= 11 is 6.20. The number of hydrogen-bond acceptors (Lipinski definition) is 4. The third kappa shape index (κ3) is 5.34. The molecule has 150 valence electrons. The van der Waals surface area contributed by atoms with Crippen LogP contribution < -0.4 is 9.62 Å². The fourth-order valence-electron chi connectivity index (χ4n) is 2.54. The number of halogens is 1. The smallest absolute Gasteiger partial charge is 0.264 e. The highest BCUT2D eigenvalue weighted by molar-refractivity contribution is 7.92. The van der Waals surface area contributed by atoms with Gasteiger partial charge in [0.15, 0.2) is 0 Å². The maximum Gasteiger partial charge on any atom is 0.264 e. The first kappa shape index (κ1) is 21.9. The number of carbonyl (C=O) groups is 1. The molecule has 2 rings (SSSR count). The van der Waals surface area contributed by atoms with Gasteiger partial charge < -0.3 is 10.1 Å². The van der Waals surface area contributed by atoms with E-state index in [1.54, 1.807) is 37.4 Å². The van der Waals surface area contributed by atoms with Crippen LogP contribution in [-0.4, -0.2) is 41.1 Å². The molecule has 0 unspecified atom stereocenters. The molecule has 2 aromatic rings. The predicted octanol–water partition coefficient (Wildman–Crippen LogP) is 3.49. The van der Waals surface area contributed by atoms with Gasteiger partial charge in [0, 0.05) is 25.8 Å². The van der Waals surface area contributed by atoms with Gasteiger partial charge in [-0.25, -0.2) is 8.42 Å². The molecular formula is C20H23ClN2O4S. The van der Waals surface area contributed by atoms with Gasteiger partial charge in [-0.3, -0.25) is 9.10 Å². The third-order valence-electron chi connectivity index (χ3n) is 3.91. The average molecular weight is 423 g/mol. The van der Waals surface area contributed by atoms with Gasteiger partial charge in [0.25, 0.3) is 15.9 Å². The van der Waals surface area contributed by atoms with Crippen molar-refractivity contribution in [3.63, 3.8) is 0 Å². The molecule has 28 heavy (non-hydrogen) atoms. The summed E-state index contributed by atoms with van der Waals surface area (Å²) in [6.45, 7) is 4.64. The quantitative estimate of drug-likeness (QED) is 0.469. The summed E-state index contributed by atoms with van der Waals surface area (Å²) in [5.41, 5.74) is 0.606. The summed E-state index contributed by atoms with van der Waals surface area (Å²) < 4.78 is 32.5. The maximum absolute atomic E-state index is 13.2. The molecule has 0 aliphatic carbocycles. The van der Waals surface area contributed by atoms with Crippen molar-refractivity contribution < 1.29 is 17.9 Å². The second-order valence-corrected chi connectivity index (χ2v) is 8.18. The number of nitrogens with one attached hydrogen (secondary N) is 1. The van der Waals surface area contributed by atoms with E-state index in [4.69, 9.17) is 16.3 Å². The number of rotatable bonds is 10. The van der Waals surface area contributed by atoms with E-state index in [1.165, 1.54) is 24.3 Å². The van der Waals surface area contributed by atoms with E-state index in [0.29, 0.717) is 30.3 Å². The van der Waals surface area contributed by atoms with Crippen LogP contribution in [0.5, 0.6) is 0 Å². The Bertz CT molecular complexity index is 931. The molecular weight excluding hydrogens is 400 g/mol. The summed E-state index contributed by atoms with van der Waals surface area (Å²) in [4.78, 5) is 12.3.